The highest BCUT2D eigenvalue weighted by molar-refractivity contribution is 6.34. The monoisotopic (exact) mass is 323 g/mol. The molecule has 0 spiro atoms. The molecule has 0 aliphatic carbocycles. The number of nitrogens with one attached hydrogen (secondary N) is 1. The molecule has 0 unspecified atom stereocenters. The number of carbonyl (C=O) groups excluding carboxylic acids is 1. The van der Waals surface area contributed by atoms with Gasteiger partial charge in [-0.2, -0.15) is 0 Å². The zero-order valence-corrected chi connectivity index (χ0v) is 13.0. The number of halogens is 2. The minimum atomic E-state index is -0.216. The van der Waals surface area contributed by atoms with E-state index in [4.69, 9.17) is 27.9 Å². The van der Waals surface area contributed by atoms with E-state index < -0.39 is 0 Å². The van der Waals surface area contributed by atoms with E-state index >= 15 is 0 Å². The average molecular weight is 324 g/mol. The van der Waals surface area contributed by atoms with Gasteiger partial charge in [0, 0.05) is 17.6 Å². The molecule has 2 aromatic carbocycles. The molecule has 0 bridgehead atoms. The Hall–Kier alpha value is -1.71. The van der Waals surface area contributed by atoms with Gasteiger partial charge in [0.05, 0.1) is 5.02 Å². The van der Waals surface area contributed by atoms with Gasteiger partial charge < -0.3 is 10.1 Å². The van der Waals surface area contributed by atoms with Crippen molar-refractivity contribution in [1.29, 1.82) is 0 Å². The molecule has 21 heavy (non-hydrogen) atoms. The smallest absolute Gasteiger partial charge is 0.258 e. The molecule has 0 aliphatic rings. The molecule has 0 fully saturated rings. The predicted octanol–water partition coefficient (Wildman–Crippen LogP) is 4.00. The van der Waals surface area contributed by atoms with Crippen LogP contribution in [-0.2, 0) is 11.3 Å². The molecule has 0 radical (unpaired) electrons. The van der Waals surface area contributed by atoms with Crippen LogP contribution in [0.5, 0.6) is 5.75 Å². The lowest BCUT2D eigenvalue weighted by atomic mass is 10.1. The summed E-state index contributed by atoms with van der Waals surface area (Å²) >= 11 is 11.8. The summed E-state index contributed by atoms with van der Waals surface area (Å²) < 4.78 is 5.36. The Bertz CT molecular complexity index is 627. The van der Waals surface area contributed by atoms with Crippen molar-refractivity contribution >= 4 is 29.1 Å². The van der Waals surface area contributed by atoms with Crippen molar-refractivity contribution in [1.82, 2.24) is 5.32 Å². The fraction of sp³-hybridized carbons (Fsp3) is 0.188. The summed E-state index contributed by atoms with van der Waals surface area (Å²) in [7, 11) is 0. The van der Waals surface area contributed by atoms with Crippen LogP contribution in [0.4, 0.5) is 0 Å². The summed E-state index contributed by atoms with van der Waals surface area (Å²) in [5, 5.41) is 3.71. The molecule has 3 nitrogen and oxygen atoms in total. The van der Waals surface area contributed by atoms with Crippen molar-refractivity contribution < 1.29 is 9.53 Å². The lowest BCUT2D eigenvalue weighted by Gasteiger charge is -2.09. The normalized spacial score (nSPS) is 10.2. The standard InChI is InChI=1S/C16H15Cl2NO2/c1-11-2-4-12(5-3-11)9-19-16(20)10-21-15-8-13(17)6-7-14(15)18/h2-8H,9-10H2,1H3,(H,19,20). The summed E-state index contributed by atoms with van der Waals surface area (Å²) in [6.45, 7) is 2.38. The summed E-state index contributed by atoms with van der Waals surface area (Å²) in [5.41, 5.74) is 2.22. The van der Waals surface area contributed by atoms with E-state index in [0.29, 0.717) is 22.3 Å². The molecular formula is C16H15Cl2NO2. The van der Waals surface area contributed by atoms with E-state index in [2.05, 4.69) is 5.32 Å². The van der Waals surface area contributed by atoms with Gasteiger partial charge in [0.2, 0.25) is 0 Å². The summed E-state index contributed by atoms with van der Waals surface area (Å²) in [5.74, 6) is 0.182. The second kappa shape index (κ2) is 7.34. The SMILES string of the molecule is Cc1ccc(CNC(=O)COc2cc(Cl)ccc2Cl)cc1. The highest BCUT2D eigenvalue weighted by atomic mass is 35.5. The molecule has 110 valence electrons. The predicted molar refractivity (Wildman–Crippen MR) is 85.0 cm³/mol. The fourth-order valence-corrected chi connectivity index (χ4v) is 2.02. The van der Waals surface area contributed by atoms with Crippen LogP contribution in [0.15, 0.2) is 42.5 Å². The van der Waals surface area contributed by atoms with Gasteiger partial charge in [0.15, 0.2) is 6.61 Å². The first-order chi connectivity index (χ1) is 10.0. The van der Waals surface area contributed by atoms with E-state index in [9.17, 15) is 4.79 Å². The topological polar surface area (TPSA) is 38.3 Å². The molecule has 1 N–H and O–H groups in total. The number of carbonyl (C=O) groups is 1. The minimum Gasteiger partial charge on any atom is -0.482 e. The van der Waals surface area contributed by atoms with Crippen molar-refractivity contribution in [2.75, 3.05) is 6.61 Å². The zero-order chi connectivity index (χ0) is 15.2. The maximum atomic E-state index is 11.7. The van der Waals surface area contributed by atoms with E-state index in [-0.39, 0.29) is 12.5 Å². The summed E-state index contributed by atoms with van der Waals surface area (Å²) in [4.78, 5) is 11.7. The number of hydrogen-bond donors (Lipinski definition) is 1. The van der Waals surface area contributed by atoms with Crippen molar-refractivity contribution in [3.63, 3.8) is 0 Å². The summed E-state index contributed by atoms with van der Waals surface area (Å²) in [6.07, 6.45) is 0. The molecule has 0 saturated carbocycles. The second-order valence-corrected chi connectivity index (χ2v) is 5.47. The van der Waals surface area contributed by atoms with Crippen LogP contribution in [0.2, 0.25) is 10.0 Å². The van der Waals surface area contributed by atoms with Crippen molar-refractivity contribution in [2.24, 2.45) is 0 Å². The third-order valence-electron chi connectivity index (χ3n) is 2.86. The Morgan fingerprint density at radius 1 is 1.14 bits per heavy atom. The molecule has 0 atom stereocenters. The van der Waals surface area contributed by atoms with Gasteiger partial charge in [-0.05, 0) is 24.6 Å². The van der Waals surface area contributed by atoms with Gasteiger partial charge in [-0.1, -0.05) is 53.0 Å². The van der Waals surface area contributed by atoms with Gasteiger partial charge in [-0.3, -0.25) is 4.79 Å². The first-order valence-electron chi connectivity index (χ1n) is 6.44. The lowest BCUT2D eigenvalue weighted by Crippen LogP contribution is -2.28. The lowest BCUT2D eigenvalue weighted by molar-refractivity contribution is -0.123. The van der Waals surface area contributed by atoms with Crippen molar-refractivity contribution in [2.45, 2.75) is 13.5 Å². The molecular weight excluding hydrogens is 309 g/mol. The van der Waals surface area contributed by atoms with Crippen LogP contribution in [0.1, 0.15) is 11.1 Å². The first-order valence-corrected chi connectivity index (χ1v) is 7.20. The molecule has 5 heteroatoms. The molecule has 0 heterocycles. The summed E-state index contributed by atoms with van der Waals surface area (Å²) in [6, 6.07) is 12.8. The Labute approximate surface area is 133 Å². The fourth-order valence-electron chi connectivity index (χ4n) is 1.69. The average Bonchev–Trinajstić information content (AvgIpc) is 2.47. The third kappa shape index (κ3) is 4.96. The van der Waals surface area contributed by atoms with E-state index in [1.165, 1.54) is 5.56 Å². The second-order valence-electron chi connectivity index (χ2n) is 4.63. The molecule has 2 aromatic rings. The number of ether oxygens (including phenoxy) is 1. The van der Waals surface area contributed by atoms with E-state index in [1.54, 1.807) is 18.2 Å². The van der Waals surface area contributed by atoms with Gasteiger partial charge in [0.1, 0.15) is 5.75 Å². The molecule has 2 rings (SSSR count). The first kappa shape index (κ1) is 15.7. The zero-order valence-electron chi connectivity index (χ0n) is 11.5. The van der Waals surface area contributed by atoms with Crippen LogP contribution in [0.25, 0.3) is 0 Å². The Balaban J connectivity index is 1.82. The van der Waals surface area contributed by atoms with Crippen LogP contribution < -0.4 is 10.1 Å². The number of hydrogen-bond acceptors (Lipinski definition) is 2. The van der Waals surface area contributed by atoms with Gasteiger partial charge in [-0.15, -0.1) is 0 Å². The maximum Gasteiger partial charge on any atom is 0.258 e. The van der Waals surface area contributed by atoms with Gasteiger partial charge >= 0.3 is 0 Å². The minimum absolute atomic E-state index is 0.105. The maximum absolute atomic E-state index is 11.7. The van der Waals surface area contributed by atoms with Crippen molar-refractivity contribution in [3.8, 4) is 5.75 Å². The highest BCUT2D eigenvalue weighted by Crippen LogP contribution is 2.27. The third-order valence-corrected chi connectivity index (χ3v) is 3.41. The number of aryl methyl sites for hydroxylation is 1. The quantitative estimate of drug-likeness (QED) is 0.903. The Morgan fingerprint density at radius 2 is 1.86 bits per heavy atom. The largest absolute Gasteiger partial charge is 0.482 e. The van der Waals surface area contributed by atoms with Crippen LogP contribution in [0.3, 0.4) is 0 Å². The molecule has 0 saturated heterocycles. The van der Waals surface area contributed by atoms with Crippen LogP contribution in [-0.4, -0.2) is 12.5 Å². The number of benzene rings is 2. The molecule has 0 aromatic heterocycles. The number of rotatable bonds is 5. The highest BCUT2D eigenvalue weighted by Gasteiger charge is 2.06. The van der Waals surface area contributed by atoms with Crippen molar-refractivity contribution in [3.05, 3.63) is 63.6 Å². The molecule has 1 amide bonds. The van der Waals surface area contributed by atoms with E-state index in [1.807, 2.05) is 31.2 Å². The van der Waals surface area contributed by atoms with Gasteiger partial charge in [0.25, 0.3) is 5.91 Å². The van der Waals surface area contributed by atoms with Crippen LogP contribution in [0, 0.1) is 6.92 Å². The molecule has 0 aliphatic heterocycles. The van der Waals surface area contributed by atoms with E-state index in [0.717, 1.165) is 5.56 Å². The number of amides is 1. The Morgan fingerprint density at radius 3 is 2.57 bits per heavy atom. The van der Waals surface area contributed by atoms with Crippen LogP contribution >= 0.6 is 23.2 Å². The Kier molecular flexibility index (Phi) is 5.48. The van der Waals surface area contributed by atoms with Gasteiger partial charge in [-0.25, -0.2) is 0 Å².